The molecule has 0 aliphatic carbocycles. The van der Waals surface area contributed by atoms with Gasteiger partial charge in [0, 0.05) is 7.05 Å². The van der Waals surface area contributed by atoms with Crippen LogP contribution in [-0.4, -0.2) is 33.6 Å². The smallest absolute Gasteiger partial charge is 0.328 e. The molecule has 0 aliphatic rings. The number of hydrogen-bond acceptors (Lipinski definition) is 5. The number of hydrogen-bond donors (Lipinski definition) is 3. The van der Waals surface area contributed by atoms with Crippen molar-refractivity contribution in [1.82, 2.24) is 9.97 Å². The molecule has 0 spiro atoms. The van der Waals surface area contributed by atoms with Crippen LogP contribution in [0.1, 0.15) is 13.8 Å². The Balaban J connectivity index is 3.25. The summed E-state index contributed by atoms with van der Waals surface area (Å²) in [5, 5.41) is 9.04. The minimum absolute atomic E-state index is 0.0978. The molecule has 0 radical (unpaired) electrons. The van der Waals surface area contributed by atoms with E-state index in [9.17, 15) is 9.59 Å². The Morgan fingerprint density at radius 2 is 2.19 bits per heavy atom. The van der Waals surface area contributed by atoms with Gasteiger partial charge in [-0.2, -0.15) is 0 Å². The summed E-state index contributed by atoms with van der Waals surface area (Å²) in [4.78, 5) is 29.8. The Hall–Kier alpha value is -2.05. The standard InChI is InChI=1S/C9H14N4O3/c1-9(2,8(15)16)13(3)6-5(10)7(14)12-4-11-6/h4H,10H2,1-3H3,(H,15,16)(H,11,12,14). The topological polar surface area (TPSA) is 112 Å². The van der Waals surface area contributed by atoms with Crippen LogP contribution in [0.25, 0.3) is 0 Å². The largest absolute Gasteiger partial charge is 0.480 e. The summed E-state index contributed by atoms with van der Waals surface area (Å²) in [5.41, 5.74) is 3.75. The minimum Gasteiger partial charge on any atom is -0.480 e. The van der Waals surface area contributed by atoms with Crippen LogP contribution in [0, 0.1) is 0 Å². The van der Waals surface area contributed by atoms with Crippen LogP contribution in [0.15, 0.2) is 11.1 Å². The number of nitrogen functional groups attached to an aromatic ring is 1. The van der Waals surface area contributed by atoms with Crippen molar-refractivity contribution in [2.75, 3.05) is 17.7 Å². The van der Waals surface area contributed by atoms with Gasteiger partial charge in [-0.3, -0.25) is 4.79 Å². The van der Waals surface area contributed by atoms with Crippen molar-refractivity contribution in [3.8, 4) is 0 Å². The van der Waals surface area contributed by atoms with Gasteiger partial charge in [0.1, 0.15) is 11.2 Å². The van der Waals surface area contributed by atoms with E-state index in [0.29, 0.717) is 0 Å². The number of nitrogens with two attached hydrogens (primary N) is 1. The zero-order valence-electron chi connectivity index (χ0n) is 9.31. The van der Waals surface area contributed by atoms with E-state index in [4.69, 9.17) is 10.8 Å². The Morgan fingerprint density at radius 1 is 1.62 bits per heavy atom. The summed E-state index contributed by atoms with van der Waals surface area (Å²) in [7, 11) is 1.52. The molecule has 0 saturated carbocycles. The van der Waals surface area contributed by atoms with Crippen molar-refractivity contribution >= 4 is 17.5 Å². The van der Waals surface area contributed by atoms with Gasteiger partial charge >= 0.3 is 5.97 Å². The van der Waals surface area contributed by atoms with Gasteiger partial charge in [-0.25, -0.2) is 9.78 Å². The molecule has 1 aromatic rings. The average molecular weight is 226 g/mol. The number of likely N-dealkylation sites (N-methyl/N-ethyl adjacent to an activating group) is 1. The number of carboxylic acids is 1. The molecule has 0 bridgehead atoms. The van der Waals surface area contributed by atoms with E-state index in [1.54, 1.807) is 0 Å². The third-order valence-electron chi connectivity index (χ3n) is 2.55. The minimum atomic E-state index is -1.20. The first kappa shape index (κ1) is 12.0. The molecule has 7 nitrogen and oxygen atoms in total. The number of H-pyrrole nitrogens is 1. The SMILES string of the molecule is CN(c1nc[nH]c(=O)c1N)C(C)(C)C(=O)O. The molecule has 0 unspecified atom stereocenters. The van der Waals surface area contributed by atoms with Crippen LogP contribution < -0.4 is 16.2 Å². The Kier molecular flexibility index (Phi) is 2.88. The van der Waals surface area contributed by atoms with Crippen LogP contribution in [0.5, 0.6) is 0 Å². The molecular weight excluding hydrogens is 212 g/mol. The average Bonchev–Trinajstić information content (AvgIpc) is 2.21. The first-order valence-corrected chi connectivity index (χ1v) is 4.59. The Bertz CT molecular complexity index is 466. The van der Waals surface area contributed by atoms with Crippen LogP contribution in [0.3, 0.4) is 0 Å². The number of aromatic nitrogens is 2. The molecule has 4 N–H and O–H groups in total. The quantitative estimate of drug-likeness (QED) is 0.649. The van der Waals surface area contributed by atoms with E-state index in [-0.39, 0.29) is 11.5 Å². The first-order chi connectivity index (χ1) is 7.28. The third kappa shape index (κ3) is 1.83. The maximum atomic E-state index is 11.2. The number of aliphatic carboxylic acids is 1. The zero-order valence-corrected chi connectivity index (χ0v) is 9.31. The van der Waals surface area contributed by atoms with E-state index < -0.39 is 17.1 Å². The van der Waals surface area contributed by atoms with Crippen LogP contribution in [0.4, 0.5) is 11.5 Å². The normalized spacial score (nSPS) is 11.2. The molecule has 0 saturated heterocycles. The van der Waals surface area contributed by atoms with Crippen LogP contribution >= 0.6 is 0 Å². The lowest BCUT2D eigenvalue weighted by Gasteiger charge is -2.32. The van der Waals surface area contributed by atoms with Gasteiger partial charge in [0.05, 0.1) is 6.33 Å². The number of nitrogens with one attached hydrogen (secondary N) is 1. The Morgan fingerprint density at radius 3 is 2.69 bits per heavy atom. The number of carboxylic acid groups (broad SMARTS) is 1. The zero-order chi connectivity index (χ0) is 12.5. The molecule has 0 aromatic carbocycles. The second-order valence-electron chi connectivity index (χ2n) is 3.89. The van der Waals surface area contributed by atoms with Crippen molar-refractivity contribution in [2.45, 2.75) is 19.4 Å². The van der Waals surface area contributed by atoms with Crippen LogP contribution in [0.2, 0.25) is 0 Å². The van der Waals surface area contributed by atoms with Crippen molar-refractivity contribution in [1.29, 1.82) is 0 Å². The van der Waals surface area contributed by atoms with Crippen molar-refractivity contribution in [3.05, 3.63) is 16.7 Å². The predicted molar refractivity (Wildman–Crippen MR) is 59.4 cm³/mol. The van der Waals surface area contributed by atoms with E-state index in [2.05, 4.69) is 9.97 Å². The maximum absolute atomic E-state index is 11.2. The second-order valence-corrected chi connectivity index (χ2v) is 3.89. The van der Waals surface area contributed by atoms with E-state index >= 15 is 0 Å². The first-order valence-electron chi connectivity index (χ1n) is 4.59. The molecule has 7 heteroatoms. The fourth-order valence-corrected chi connectivity index (χ4v) is 1.08. The van der Waals surface area contributed by atoms with Gasteiger partial charge in [-0.1, -0.05) is 0 Å². The van der Waals surface area contributed by atoms with Gasteiger partial charge < -0.3 is 20.7 Å². The monoisotopic (exact) mass is 226 g/mol. The predicted octanol–water partition coefficient (Wildman–Crippen LogP) is -0.349. The van der Waals surface area contributed by atoms with Gasteiger partial charge in [0.2, 0.25) is 0 Å². The summed E-state index contributed by atoms with van der Waals surface area (Å²) in [5.74, 6) is -0.882. The number of rotatable bonds is 3. The number of anilines is 2. The fourth-order valence-electron chi connectivity index (χ4n) is 1.08. The number of nitrogens with zero attached hydrogens (tertiary/aromatic N) is 2. The fraction of sp³-hybridized carbons (Fsp3) is 0.444. The van der Waals surface area contributed by atoms with E-state index in [0.717, 1.165) is 0 Å². The molecule has 1 aromatic heterocycles. The molecule has 0 aliphatic heterocycles. The highest BCUT2D eigenvalue weighted by molar-refractivity contribution is 5.83. The lowest BCUT2D eigenvalue weighted by molar-refractivity contribution is -0.142. The molecule has 88 valence electrons. The number of carbonyl (C=O) groups is 1. The lowest BCUT2D eigenvalue weighted by atomic mass is 10.0. The van der Waals surface area contributed by atoms with Gasteiger partial charge in [-0.05, 0) is 13.8 Å². The second kappa shape index (κ2) is 3.84. The summed E-state index contributed by atoms with van der Waals surface area (Å²) in [6.07, 6.45) is 1.18. The molecule has 0 amide bonds. The van der Waals surface area contributed by atoms with Gasteiger partial charge in [0.15, 0.2) is 5.82 Å². The molecule has 1 heterocycles. The third-order valence-corrected chi connectivity index (χ3v) is 2.55. The highest BCUT2D eigenvalue weighted by atomic mass is 16.4. The van der Waals surface area contributed by atoms with E-state index in [1.807, 2.05) is 0 Å². The van der Waals surface area contributed by atoms with Crippen molar-refractivity contribution < 1.29 is 9.90 Å². The van der Waals surface area contributed by atoms with Crippen LogP contribution in [-0.2, 0) is 4.79 Å². The van der Waals surface area contributed by atoms with Gasteiger partial charge in [0.25, 0.3) is 5.56 Å². The number of aromatic amines is 1. The summed E-state index contributed by atoms with van der Waals surface area (Å²) in [6.45, 7) is 3.00. The summed E-state index contributed by atoms with van der Waals surface area (Å²) < 4.78 is 0. The summed E-state index contributed by atoms with van der Waals surface area (Å²) >= 11 is 0. The highest BCUT2D eigenvalue weighted by Crippen LogP contribution is 2.22. The Labute approximate surface area is 91.9 Å². The summed E-state index contributed by atoms with van der Waals surface area (Å²) in [6, 6.07) is 0. The lowest BCUT2D eigenvalue weighted by Crippen LogP contribution is -2.49. The highest BCUT2D eigenvalue weighted by Gasteiger charge is 2.34. The molecule has 0 fully saturated rings. The van der Waals surface area contributed by atoms with Crippen molar-refractivity contribution in [3.63, 3.8) is 0 Å². The maximum Gasteiger partial charge on any atom is 0.328 e. The molecule has 0 atom stereocenters. The van der Waals surface area contributed by atoms with Crippen molar-refractivity contribution in [2.24, 2.45) is 0 Å². The van der Waals surface area contributed by atoms with Gasteiger partial charge in [-0.15, -0.1) is 0 Å². The molecule has 16 heavy (non-hydrogen) atoms. The van der Waals surface area contributed by atoms with E-state index in [1.165, 1.54) is 32.1 Å². The molecular formula is C9H14N4O3. The molecule has 1 rings (SSSR count).